The predicted octanol–water partition coefficient (Wildman–Crippen LogP) is 2.92. The van der Waals surface area contributed by atoms with Crippen molar-refractivity contribution < 1.29 is 13.5 Å². The highest BCUT2D eigenvalue weighted by molar-refractivity contribution is 5.39. The number of ether oxygens (including phenoxy) is 1. The molecule has 1 rings (SSSR count). The molecule has 0 saturated carbocycles. The Labute approximate surface area is 94.6 Å². The number of benzene rings is 1. The highest BCUT2D eigenvalue weighted by Crippen LogP contribution is 2.30. The van der Waals surface area contributed by atoms with Crippen LogP contribution in [0.4, 0.5) is 8.78 Å². The van der Waals surface area contributed by atoms with Crippen LogP contribution in [0.25, 0.3) is 0 Å². The summed E-state index contributed by atoms with van der Waals surface area (Å²) in [4.78, 5) is 0. The fourth-order valence-electron chi connectivity index (χ4n) is 1.65. The molecule has 1 aromatic carbocycles. The molecule has 4 heteroatoms. The Bertz CT molecular complexity index is 342. The van der Waals surface area contributed by atoms with E-state index >= 15 is 0 Å². The van der Waals surface area contributed by atoms with Crippen molar-refractivity contribution >= 4 is 0 Å². The number of halogens is 2. The third-order valence-electron chi connectivity index (χ3n) is 2.40. The molecule has 90 valence electrons. The minimum atomic E-state index is -2.45. The van der Waals surface area contributed by atoms with Gasteiger partial charge in [0, 0.05) is 5.56 Å². The monoisotopic (exact) mass is 229 g/mol. The van der Waals surface area contributed by atoms with E-state index in [1.807, 2.05) is 13.0 Å². The fourth-order valence-corrected chi connectivity index (χ4v) is 1.65. The van der Waals surface area contributed by atoms with Crippen molar-refractivity contribution in [1.82, 2.24) is 5.32 Å². The van der Waals surface area contributed by atoms with Crippen molar-refractivity contribution in [3.05, 3.63) is 29.3 Å². The van der Waals surface area contributed by atoms with Gasteiger partial charge in [-0.05, 0) is 19.5 Å². The number of hydrogen-bond donors (Lipinski definition) is 1. The molecule has 0 spiro atoms. The molecule has 0 saturated heterocycles. The van der Waals surface area contributed by atoms with E-state index in [1.165, 1.54) is 7.11 Å². The van der Waals surface area contributed by atoms with Gasteiger partial charge in [0.1, 0.15) is 5.75 Å². The lowest BCUT2D eigenvalue weighted by atomic mass is 10.0. The summed E-state index contributed by atoms with van der Waals surface area (Å²) in [5.74, 6) is 0.497. The van der Waals surface area contributed by atoms with Crippen LogP contribution in [-0.4, -0.2) is 20.1 Å². The molecule has 0 aromatic heterocycles. The molecule has 0 heterocycles. The molecule has 0 aliphatic heterocycles. The average Bonchev–Trinajstić information content (AvgIpc) is 2.25. The van der Waals surface area contributed by atoms with Crippen LogP contribution >= 0.6 is 0 Å². The number of nitrogens with one attached hydrogen (secondary N) is 1. The van der Waals surface area contributed by atoms with Crippen molar-refractivity contribution in [1.29, 1.82) is 0 Å². The molecule has 1 N–H and O–H groups in total. The Balaban J connectivity index is 3.10. The van der Waals surface area contributed by atoms with E-state index in [1.54, 1.807) is 19.1 Å². The van der Waals surface area contributed by atoms with Crippen molar-refractivity contribution in [3.63, 3.8) is 0 Å². The largest absolute Gasteiger partial charge is 0.496 e. The van der Waals surface area contributed by atoms with Crippen molar-refractivity contribution in [2.75, 3.05) is 13.7 Å². The van der Waals surface area contributed by atoms with Gasteiger partial charge in [0.15, 0.2) is 0 Å². The first kappa shape index (κ1) is 12.9. The molecule has 0 bridgehead atoms. The van der Waals surface area contributed by atoms with E-state index in [-0.39, 0.29) is 0 Å². The van der Waals surface area contributed by atoms with E-state index in [4.69, 9.17) is 4.74 Å². The second kappa shape index (κ2) is 5.80. The summed E-state index contributed by atoms with van der Waals surface area (Å²) in [6.07, 6.45) is -2.45. The van der Waals surface area contributed by atoms with Crippen LogP contribution < -0.4 is 10.1 Å². The fraction of sp³-hybridized carbons (Fsp3) is 0.500. The molecule has 2 nitrogen and oxygen atoms in total. The summed E-state index contributed by atoms with van der Waals surface area (Å²) < 4.78 is 30.9. The van der Waals surface area contributed by atoms with Crippen LogP contribution in [0.1, 0.15) is 24.1 Å². The number of hydrogen-bond acceptors (Lipinski definition) is 2. The number of rotatable bonds is 5. The van der Waals surface area contributed by atoms with E-state index < -0.39 is 12.5 Å². The van der Waals surface area contributed by atoms with Gasteiger partial charge in [0.2, 0.25) is 0 Å². The van der Waals surface area contributed by atoms with Gasteiger partial charge in [-0.15, -0.1) is 0 Å². The third kappa shape index (κ3) is 2.92. The van der Waals surface area contributed by atoms with Gasteiger partial charge >= 0.3 is 0 Å². The Morgan fingerprint density at radius 1 is 1.38 bits per heavy atom. The second-order valence-electron chi connectivity index (χ2n) is 3.62. The molecule has 1 unspecified atom stereocenters. The maximum atomic E-state index is 12.9. The van der Waals surface area contributed by atoms with E-state index in [9.17, 15) is 8.78 Å². The van der Waals surface area contributed by atoms with Crippen molar-refractivity contribution in [2.24, 2.45) is 0 Å². The van der Waals surface area contributed by atoms with Crippen LogP contribution in [0.15, 0.2) is 18.2 Å². The SMILES string of the molecule is CCNC(c1cc(C)ccc1OC)C(F)F. The van der Waals surface area contributed by atoms with E-state index in [0.29, 0.717) is 17.9 Å². The van der Waals surface area contributed by atoms with Gasteiger partial charge in [-0.3, -0.25) is 0 Å². The first-order valence-electron chi connectivity index (χ1n) is 5.26. The third-order valence-corrected chi connectivity index (χ3v) is 2.40. The summed E-state index contributed by atoms with van der Waals surface area (Å²) in [6, 6.07) is 4.33. The summed E-state index contributed by atoms with van der Waals surface area (Å²) >= 11 is 0. The minimum absolute atomic E-state index is 0.492. The van der Waals surface area contributed by atoms with Crippen LogP contribution in [0.2, 0.25) is 0 Å². The quantitative estimate of drug-likeness (QED) is 0.838. The Kier molecular flexibility index (Phi) is 4.68. The van der Waals surface area contributed by atoms with Crippen molar-refractivity contribution in [3.8, 4) is 5.75 Å². The molecule has 1 atom stereocenters. The molecule has 1 aromatic rings. The summed E-state index contributed by atoms with van der Waals surface area (Å²) in [7, 11) is 1.49. The number of aryl methyl sites for hydroxylation is 1. The first-order valence-corrected chi connectivity index (χ1v) is 5.26. The van der Waals surface area contributed by atoms with Crippen molar-refractivity contribution in [2.45, 2.75) is 26.3 Å². The molecule has 0 amide bonds. The number of methoxy groups -OCH3 is 1. The van der Waals surface area contributed by atoms with E-state index in [2.05, 4.69) is 5.32 Å². The van der Waals surface area contributed by atoms with E-state index in [0.717, 1.165) is 5.56 Å². The topological polar surface area (TPSA) is 21.3 Å². The Hall–Kier alpha value is -1.16. The second-order valence-corrected chi connectivity index (χ2v) is 3.62. The van der Waals surface area contributed by atoms with Gasteiger partial charge in [0.05, 0.1) is 13.2 Å². The van der Waals surface area contributed by atoms with Crippen LogP contribution in [0.5, 0.6) is 5.75 Å². The first-order chi connectivity index (χ1) is 7.60. The number of alkyl halides is 2. The van der Waals surface area contributed by atoms with Crippen LogP contribution in [0.3, 0.4) is 0 Å². The van der Waals surface area contributed by atoms with Gasteiger partial charge in [-0.2, -0.15) is 0 Å². The molecule has 0 aliphatic carbocycles. The molecule has 0 fully saturated rings. The highest BCUT2D eigenvalue weighted by atomic mass is 19.3. The van der Waals surface area contributed by atoms with Crippen LogP contribution in [-0.2, 0) is 0 Å². The maximum Gasteiger partial charge on any atom is 0.257 e. The van der Waals surface area contributed by atoms with Crippen LogP contribution in [0, 0.1) is 6.92 Å². The molecule has 0 radical (unpaired) electrons. The smallest absolute Gasteiger partial charge is 0.257 e. The van der Waals surface area contributed by atoms with Gasteiger partial charge < -0.3 is 10.1 Å². The standard InChI is InChI=1S/C12H17F2NO/c1-4-15-11(12(13)14)9-7-8(2)5-6-10(9)16-3/h5-7,11-12,15H,4H2,1-3H3. The zero-order valence-electron chi connectivity index (χ0n) is 9.76. The lowest BCUT2D eigenvalue weighted by Crippen LogP contribution is -2.27. The molecular formula is C12H17F2NO. The lowest BCUT2D eigenvalue weighted by Gasteiger charge is -2.20. The summed E-state index contributed by atoms with van der Waals surface area (Å²) in [5.41, 5.74) is 1.46. The average molecular weight is 229 g/mol. The zero-order valence-corrected chi connectivity index (χ0v) is 9.76. The summed E-state index contributed by atoms with van der Waals surface area (Å²) in [5, 5.41) is 2.77. The summed E-state index contributed by atoms with van der Waals surface area (Å²) in [6.45, 7) is 4.17. The molecular weight excluding hydrogens is 212 g/mol. The minimum Gasteiger partial charge on any atom is -0.496 e. The van der Waals surface area contributed by atoms with Gasteiger partial charge in [0.25, 0.3) is 6.43 Å². The Morgan fingerprint density at radius 2 is 2.06 bits per heavy atom. The maximum absolute atomic E-state index is 12.9. The van der Waals surface area contributed by atoms with Gasteiger partial charge in [-0.25, -0.2) is 8.78 Å². The lowest BCUT2D eigenvalue weighted by molar-refractivity contribution is 0.0979. The molecule has 16 heavy (non-hydrogen) atoms. The Morgan fingerprint density at radius 3 is 2.56 bits per heavy atom. The molecule has 0 aliphatic rings. The zero-order chi connectivity index (χ0) is 12.1. The highest BCUT2D eigenvalue weighted by Gasteiger charge is 2.24. The normalized spacial score (nSPS) is 12.9. The predicted molar refractivity (Wildman–Crippen MR) is 60.2 cm³/mol. The van der Waals surface area contributed by atoms with Gasteiger partial charge in [-0.1, -0.05) is 24.6 Å².